The topological polar surface area (TPSA) is 71.1 Å². The fourth-order valence-electron chi connectivity index (χ4n) is 1.03. The first-order valence-electron chi connectivity index (χ1n) is 5.96. The van der Waals surface area contributed by atoms with Crippen molar-refractivity contribution in [3.63, 3.8) is 0 Å². The molecular formula is C12H22O6. The van der Waals surface area contributed by atoms with Crippen LogP contribution in [-0.2, 0) is 28.5 Å². The largest absolute Gasteiger partial charge is 0.463 e. The molecule has 0 aliphatic rings. The Morgan fingerprint density at radius 1 is 0.833 bits per heavy atom. The van der Waals surface area contributed by atoms with Gasteiger partial charge in [0.05, 0.1) is 39.5 Å². The highest BCUT2D eigenvalue weighted by Gasteiger charge is 2.04. The molecular weight excluding hydrogens is 240 g/mol. The minimum absolute atomic E-state index is 0.0172. The molecule has 0 radical (unpaired) electrons. The summed E-state index contributed by atoms with van der Waals surface area (Å²) in [6.07, 6.45) is 0.364. The van der Waals surface area contributed by atoms with E-state index in [1.807, 2.05) is 0 Å². The molecule has 0 saturated heterocycles. The number of esters is 1. The molecule has 0 aromatic carbocycles. The fraction of sp³-hybridized carbons (Fsp3) is 0.833. The minimum atomic E-state index is -0.370. The summed E-state index contributed by atoms with van der Waals surface area (Å²) in [7, 11) is 1.61. The van der Waals surface area contributed by atoms with Crippen LogP contribution in [0.2, 0.25) is 0 Å². The Kier molecular flexibility index (Phi) is 11.8. The molecule has 0 unspecified atom stereocenters. The minimum Gasteiger partial charge on any atom is -0.463 e. The second-order valence-corrected chi connectivity index (χ2v) is 3.64. The second kappa shape index (κ2) is 12.5. The van der Waals surface area contributed by atoms with Gasteiger partial charge in [-0.2, -0.15) is 0 Å². The Labute approximate surface area is 108 Å². The van der Waals surface area contributed by atoms with Crippen LogP contribution in [0.4, 0.5) is 0 Å². The third kappa shape index (κ3) is 13.1. The standard InChI is InChI=1S/C12H22O6/c1-11(13)3-4-12(14)18-10-9-17-8-7-16-6-5-15-2/h3-10H2,1-2H3. The summed E-state index contributed by atoms with van der Waals surface area (Å²) in [4.78, 5) is 21.7. The number of hydrogen-bond acceptors (Lipinski definition) is 6. The first kappa shape index (κ1) is 17.0. The third-order valence-electron chi connectivity index (χ3n) is 1.98. The van der Waals surface area contributed by atoms with Crippen LogP contribution in [0, 0.1) is 0 Å². The summed E-state index contributed by atoms with van der Waals surface area (Å²) in [5.41, 5.74) is 0. The number of hydrogen-bond donors (Lipinski definition) is 0. The van der Waals surface area contributed by atoms with Crippen molar-refractivity contribution in [2.45, 2.75) is 19.8 Å². The van der Waals surface area contributed by atoms with Crippen LogP contribution in [-0.4, -0.2) is 58.5 Å². The molecule has 0 aliphatic carbocycles. The molecule has 6 nitrogen and oxygen atoms in total. The van der Waals surface area contributed by atoms with Crippen molar-refractivity contribution in [1.29, 1.82) is 0 Å². The van der Waals surface area contributed by atoms with Crippen molar-refractivity contribution in [3.8, 4) is 0 Å². The lowest BCUT2D eigenvalue weighted by Gasteiger charge is -2.06. The zero-order valence-corrected chi connectivity index (χ0v) is 11.1. The molecule has 0 saturated carbocycles. The number of methoxy groups -OCH3 is 1. The zero-order valence-electron chi connectivity index (χ0n) is 11.1. The Morgan fingerprint density at radius 3 is 1.94 bits per heavy atom. The highest BCUT2D eigenvalue weighted by molar-refractivity contribution is 5.80. The van der Waals surface area contributed by atoms with E-state index in [2.05, 4.69) is 0 Å². The number of carbonyl (C=O) groups excluding carboxylic acids is 2. The van der Waals surface area contributed by atoms with Gasteiger partial charge in [-0.15, -0.1) is 0 Å². The van der Waals surface area contributed by atoms with Crippen molar-refractivity contribution in [1.82, 2.24) is 0 Å². The smallest absolute Gasteiger partial charge is 0.306 e. The lowest BCUT2D eigenvalue weighted by molar-refractivity contribution is -0.146. The Bertz CT molecular complexity index is 229. The van der Waals surface area contributed by atoms with Gasteiger partial charge in [0.2, 0.25) is 0 Å². The molecule has 0 N–H and O–H groups in total. The van der Waals surface area contributed by atoms with Crippen LogP contribution < -0.4 is 0 Å². The Morgan fingerprint density at radius 2 is 1.39 bits per heavy atom. The summed E-state index contributed by atoms with van der Waals surface area (Å²) >= 11 is 0. The lowest BCUT2D eigenvalue weighted by Crippen LogP contribution is -2.14. The van der Waals surface area contributed by atoms with E-state index in [1.54, 1.807) is 7.11 Å². The lowest BCUT2D eigenvalue weighted by atomic mass is 10.2. The number of rotatable bonds is 12. The first-order chi connectivity index (χ1) is 8.66. The average Bonchev–Trinajstić information content (AvgIpc) is 2.34. The van der Waals surface area contributed by atoms with E-state index in [-0.39, 0.29) is 31.2 Å². The summed E-state index contributed by atoms with van der Waals surface area (Å²) in [6, 6.07) is 0. The van der Waals surface area contributed by atoms with Gasteiger partial charge in [0.25, 0.3) is 0 Å². The van der Waals surface area contributed by atoms with Crippen LogP contribution in [0.25, 0.3) is 0 Å². The molecule has 0 aliphatic heterocycles. The van der Waals surface area contributed by atoms with Crippen molar-refractivity contribution in [2.75, 3.05) is 46.8 Å². The van der Waals surface area contributed by atoms with Crippen molar-refractivity contribution in [3.05, 3.63) is 0 Å². The van der Waals surface area contributed by atoms with Crippen molar-refractivity contribution >= 4 is 11.8 Å². The van der Waals surface area contributed by atoms with E-state index in [0.717, 1.165) is 0 Å². The van der Waals surface area contributed by atoms with Crippen molar-refractivity contribution in [2.24, 2.45) is 0 Å². The number of ketones is 1. The van der Waals surface area contributed by atoms with E-state index < -0.39 is 0 Å². The van der Waals surface area contributed by atoms with Crippen LogP contribution >= 0.6 is 0 Å². The predicted octanol–water partition coefficient (Wildman–Crippen LogP) is 0.578. The predicted molar refractivity (Wildman–Crippen MR) is 64.4 cm³/mol. The maximum Gasteiger partial charge on any atom is 0.306 e. The van der Waals surface area contributed by atoms with Crippen molar-refractivity contribution < 1.29 is 28.5 Å². The molecule has 0 aromatic rings. The molecule has 18 heavy (non-hydrogen) atoms. The number of Topliss-reactive ketones (excluding diaryl/α,β-unsaturated/α-hetero) is 1. The molecule has 0 spiro atoms. The van der Waals surface area contributed by atoms with Crippen LogP contribution in [0.1, 0.15) is 19.8 Å². The summed E-state index contributed by atoms with van der Waals surface area (Å²) in [5.74, 6) is -0.387. The van der Waals surface area contributed by atoms with Crippen LogP contribution in [0.5, 0.6) is 0 Å². The molecule has 0 rings (SSSR count). The van der Waals surface area contributed by atoms with Gasteiger partial charge in [-0.3, -0.25) is 4.79 Å². The van der Waals surface area contributed by atoms with Gasteiger partial charge in [-0.05, 0) is 6.92 Å². The van der Waals surface area contributed by atoms with E-state index in [4.69, 9.17) is 18.9 Å². The molecule has 6 heteroatoms. The maximum absolute atomic E-state index is 11.1. The number of carbonyl (C=O) groups is 2. The van der Waals surface area contributed by atoms with Gasteiger partial charge in [0.1, 0.15) is 12.4 Å². The highest BCUT2D eigenvalue weighted by atomic mass is 16.6. The van der Waals surface area contributed by atoms with Crippen LogP contribution in [0.3, 0.4) is 0 Å². The molecule has 0 heterocycles. The summed E-state index contributed by atoms with van der Waals surface area (Å²) < 4.78 is 20.0. The third-order valence-corrected chi connectivity index (χ3v) is 1.98. The molecule has 0 amide bonds. The van der Waals surface area contributed by atoms with E-state index in [9.17, 15) is 9.59 Å². The average molecular weight is 262 g/mol. The first-order valence-corrected chi connectivity index (χ1v) is 5.96. The normalized spacial score (nSPS) is 10.3. The quantitative estimate of drug-likeness (QED) is 0.378. The van der Waals surface area contributed by atoms with E-state index in [1.165, 1.54) is 6.92 Å². The molecule has 0 fully saturated rings. The van der Waals surface area contributed by atoms with Gasteiger partial charge in [-0.25, -0.2) is 0 Å². The van der Waals surface area contributed by atoms with E-state index >= 15 is 0 Å². The Hall–Kier alpha value is -0.980. The van der Waals surface area contributed by atoms with Crippen LogP contribution in [0.15, 0.2) is 0 Å². The SMILES string of the molecule is COCCOCCOCCOC(=O)CCC(C)=O. The van der Waals surface area contributed by atoms with E-state index in [0.29, 0.717) is 33.0 Å². The molecule has 0 atom stereocenters. The second-order valence-electron chi connectivity index (χ2n) is 3.64. The number of ether oxygens (including phenoxy) is 4. The monoisotopic (exact) mass is 262 g/mol. The molecule has 106 valence electrons. The maximum atomic E-state index is 11.1. The van der Waals surface area contributed by atoms with Gasteiger partial charge in [0, 0.05) is 13.5 Å². The molecule has 0 aromatic heterocycles. The fourth-order valence-corrected chi connectivity index (χ4v) is 1.03. The molecule has 0 bridgehead atoms. The Balaban J connectivity index is 3.15. The van der Waals surface area contributed by atoms with Gasteiger partial charge < -0.3 is 23.7 Å². The summed E-state index contributed by atoms with van der Waals surface area (Å²) in [6.45, 7) is 4.03. The van der Waals surface area contributed by atoms with Gasteiger partial charge in [-0.1, -0.05) is 0 Å². The summed E-state index contributed by atoms with van der Waals surface area (Å²) in [5, 5.41) is 0. The zero-order chi connectivity index (χ0) is 13.6. The highest BCUT2D eigenvalue weighted by Crippen LogP contribution is 1.93. The van der Waals surface area contributed by atoms with Gasteiger partial charge >= 0.3 is 5.97 Å². The van der Waals surface area contributed by atoms with Gasteiger partial charge in [0.15, 0.2) is 0 Å².